The van der Waals surface area contributed by atoms with Crippen molar-refractivity contribution in [1.82, 2.24) is 0 Å². The van der Waals surface area contributed by atoms with Crippen LogP contribution in [0.1, 0.15) is 11.3 Å². The summed E-state index contributed by atoms with van der Waals surface area (Å²) in [4.78, 5) is 22.1. The van der Waals surface area contributed by atoms with E-state index >= 15 is 0 Å². The number of hydrogen-bond donors (Lipinski definition) is 0. The predicted molar refractivity (Wildman–Crippen MR) is 87.0 cm³/mol. The average Bonchev–Trinajstić information content (AvgIpc) is 3.22. The fraction of sp³-hybridized carbons (Fsp3) is 0.118. The van der Waals surface area contributed by atoms with Crippen LogP contribution in [0.15, 0.2) is 46.4 Å². The Kier molecular flexibility index (Phi) is 4.25. The van der Waals surface area contributed by atoms with E-state index < -0.39 is 16.8 Å². The molecule has 0 fully saturated rings. The first-order chi connectivity index (χ1) is 12.0. The zero-order valence-electron chi connectivity index (χ0n) is 13.3. The molecular weight excluding hydrogens is 330 g/mol. The van der Waals surface area contributed by atoms with Crippen LogP contribution in [0.5, 0.6) is 11.5 Å². The number of esters is 1. The molecule has 0 saturated carbocycles. The summed E-state index contributed by atoms with van der Waals surface area (Å²) >= 11 is 0. The smallest absolute Gasteiger partial charge is 0.433 e. The molecule has 2 heterocycles. The summed E-state index contributed by atoms with van der Waals surface area (Å²) in [6.45, 7) is 0. The van der Waals surface area contributed by atoms with E-state index in [4.69, 9.17) is 18.6 Å². The van der Waals surface area contributed by atoms with E-state index in [0.717, 1.165) is 0 Å². The largest absolute Gasteiger partial charge is 0.497 e. The lowest BCUT2D eigenvalue weighted by atomic mass is 10.1. The maximum atomic E-state index is 12.1. The van der Waals surface area contributed by atoms with Crippen LogP contribution in [0.3, 0.4) is 0 Å². The normalized spacial score (nSPS) is 15.0. The van der Waals surface area contributed by atoms with E-state index in [1.165, 1.54) is 38.5 Å². The Balaban J connectivity index is 1.97. The van der Waals surface area contributed by atoms with Gasteiger partial charge >= 0.3 is 11.9 Å². The lowest BCUT2D eigenvalue weighted by Gasteiger charge is -2.10. The highest BCUT2D eigenvalue weighted by molar-refractivity contribution is 6.05. The maximum absolute atomic E-state index is 12.1. The van der Waals surface area contributed by atoms with Crippen LogP contribution in [0.2, 0.25) is 0 Å². The van der Waals surface area contributed by atoms with Gasteiger partial charge in [0, 0.05) is 0 Å². The molecule has 128 valence electrons. The molecule has 25 heavy (non-hydrogen) atoms. The van der Waals surface area contributed by atoms with Gasteiger partial charge in [0.1, 0.15) is 27.9 Å². The number of cyclic esters (lactones) is 1. The fourth-order valence-corrected chi connectivity index (χ4v) is 2.30. The molecule has 2 aromatic rings. The minimum atomic E-state index is -0.655. The Morgan fingerprint density at radius 2 is 1.96 bits per heavy atom. The van der Waals surface area contributed by atoms with Gasteiger partial charge in [-0.2, -0.15) is 0 Å². The Labute approximate surface area is 142 Å². The van der Waals surface area contributed by atoms with Crippen molar-refractivity contribution in [2.45, 2.75) is 0 Å². The second kappa shape index (κ2) is 6.52. The minimum absolute atomic E-state index is 0.175. The second-order valence-corrected chi connectivity index (χ2v) is 5.00. The van der Waals surface area contributed by atoms with Gasteiger partial charge in [0.2, 0.25) is 0 Å². The maximum Gasteiger partial charge on any atom is 0.433 e. The van der Waals surface area contributed by atoms with Crippen molar-refractivity contribution >= 4 is 23.7 Å². The summed E-state index contributed by atoms with van der Waals surface area (Å²) in [6.07, 6.45) is 2.88. The standard InChI is InChI=1S/C17H13NO7/c1-22-11-3-5-14(23-2)13(9-11)15-8-10(17(19)25-15)7-12-4-6-16(24-12)18(20)21/h3-9H,1-2H3/b10-7-. The minimum Gasteiger partial charge on any atom is -0.497 e. The SMILES string of the molecule is COc1ccc(OC)c(C2=C/C(=C/c3ccc([N+](=O)[O-])o3)C(=O)O2)c1. The molecular formula is C17H13NO7. The molecule has 0 bridgehead atoms. The molecule has 0 amide bonds. The van der Waals surface area contributed by atoms with E-state index in [1.54, 1.807) is 18.2 Å². The number of hydrogen-bond acceptors (Lipinski definition) is 7. The molecule has 0 radical (unpaired) electrons. The number of nitrogens with zero attached hydrogens (tertiary/aromatic N) is 1. The third-order valence-electron chi connectivity index (χ3n) is 3.49. The monoisotopic (exact) mass is 343 g/mol. The van der Waals surface area contributed by atoms with Crippen LogP contribution in [0.4, 0.5) is 5.88 Å². The Hall–Kier alpha value is -3.55. The highest BCUT2D eigenvalue weighted by atomic mass is 16.6. The molecule has 1 aromatic carbocycles. The van der Waals surface area contributed by atoms with Crippen molar-refractivity contribution in [2.24, 2.45) is 0 Å². The zero-order chi connectivity index (χ0) is 18.0. The van der Waals surface area contributed by atoms with Crippen LogP contribution >= 0.6 is 0 Å². The highest BCUT2D eigenvalue weighted by Gasteiger charge is 2.25. The lowest BCUT2D eigenvalue weighted by molar-refractivity contribution is -0.402. The molecule has 8 nitrogen and oxygen atoms in total. The zero-order valence-corrected chi connectivity index (χ0v) is 13.3. The van der Waals surface area contributed by atoms with Gasteiger partial charge in [0.15, 0.2) is 0 Å². The molecule has 8 heteroatoms. The third kappa shape index (κ3) is 3.23. The average molecular weight is 343 g/mol. The summed E-state index contributed by atoms with van der Waals surface area (Å²) in [6, 6.07) is 7.70. The molecule has 0 N–H and O–H groups in total. The molecule has 1 aliphatic heterocycles. The van der Waals surface area contributed by atoms with Crippen molar-refractivity contribution < 1.29 is 28.3 Å². The molecule has 0 spiro atoms. The van der Waals surface area contributed by atoms with Crippen LogP contribution in [0, 0.1) is 10.1 Å². The fourth-order valence-electron chi connectivity index (χ4n) is 2.30. The topological polar surface area (TPSA) is 101 Å². The third-order valence-corrected chi connectivity index (χ3v) is 3.49. The first-order valence-electron chi connectivity index (χ1n) is 7.14. The molecule has 0 saturated heterocycles. The highest BCUT2D eigenvalue weighted by Crippen LogP contribution is 2.35. The molecule has 1 aliphatic rings. The Bertz CT molecular complexity index is 907. The van der Waals surface area contributed by atoms with E-state index in [1.807, 2.05) is 0 Å². The number of furan rings is 1. The number of nitro groups is 1. The molecule has 3 rings (SSSR count). The van der Waals surface area contributed by atoms with Gasteiger partial charge < -0.3 is 18.6 Å². The van der Waals surface area contributed by atoms with Gasteiger partial charge in [-0.1, -0.05) is 0 Å². The van der Waals surface area contributed by atoms with Gasteiger partial charge in [-0.25, -0.2) is 4.79 Å². The Morgan fingerprint density at radius 1 is 1.16 bits per heavy atom. The van der Waals surface area contributed by atoms with Crippen molar-refractivity contribution in [3.05, 3.63) is 63.4 Å². The first-order valence-corrected chi connectivity index (χ1v) is 7.14. The van der Waals surface area contributed by atoms with Crippen LogP contribution in [0.25, 0.3) is 11.8 Å². The number of ether oxygens (including phenoxy) is 3. The van der Waals surface area contributed by atoms with Gasteiger partial charge in [-0.15, -0.1) is 0 Å². The number of rotatable bonds is 5. The molecule has 0 unspecified atom stereocenters. The number of carbonyl (C=O) groups excluding carboxylic acids is 1. The van der Waals surface area contributed by atoms with Crippen molar-refractivity contribution in [2.75, 3.05) is 14.2 Å². The quantitative estimate of drug-likeness (QED) is 0.355. The Morgan fingerprint density at radius 3 is 2.60 bits per heavy atom. The summed E-state index contributed by atoms with van der Waals surface area (Å²) in [5.74, 6) is 0.541. The van der Waals surface area contributed by atoms with Crippen LogP contribution in [-0.2, 0) is 9.53 Å². The number of carbonyl (C=O) groups is 1. The van der Waals surface area contributed by atoms with E-state index in [0.29, 0.717) is 17.1 Å². The van der Waals surface area contributed by atoms with Gasteiger partial charge in [0.25, 0.3) is 0 Å². The molecule has 0 atom stereocenters. The first kappa shape index (κ1) is 16.3. The van der Waals surface area contributed by atoms with Crippen molar-refractivity contribution in [3.63, 3.8) is 0 Å². The number of benzene rings is 1. The van der Waals surface area contributed by atoms with E-state index in [2.05, 4.69) is 0 Å². The van der Waals surface area contributed by atoms with Crippen molar-refractivity contribution in [3.8, 4) is 11.5 Å². The predicted octanol–water partition coefficient (Wildman–Crippen LogP) is 3.19. The van der Waals surface area contributed by atoms with Gasteiger partial charge in [-0.3, -0.25) is 10.1 Å². The van der Waals surface area contributed by atoms with E-state index in [-0.39, 0.29) is 17.1 Å². The van der Waals surface area contributed by atoms with Crippen LogP contribution < -0.4 is 9.47 Å². The summed E-state index contributed by atoms with van der Waals surface area (Å²) < 4.78 is 20.7. The van der Waals surface area contributed by atoms with Crippen molar-refractivity contribution in [1.29, 1.82) is 0 Å². The molecule has 1 aromatic heterocycles. The second-order valence-electron chi connectivity index (χ2n) is 5.00. The van der Waals surface area contributed by atoms with E-state index in [9.17, 15) is 14.9 Å². The summed E-state index contributed by atoms with van der Waals surface area (Å²) in [7, 11) is 3.02. The molecule has 0 aliphatic carbocycles. The van der Waals surface area contributed by atoms with Gasteiger partial charge in [-0.05, 0) is 36.4 Å². The lowest BCUT2D eigenvalue weighted by Crippen LogP contribution is -1.98. The summed E-state index contributed by atoms with van der Waals surface area (Å²) in [5, 5.41) is 10.6. The van der Waals surface area contributed by atoms with Crippen LogP contribution in [-0.4, -0.2) is 25.1 Å². The summed E-state index contributed by atoms with van der Waals surface area (Å²) in [5.41, 5.74) is 0.744. The number of methoxy groups -OCH3 is 2. The van der Waals surface area contributed by atoms with Gasteiger partial charge in [0.05, 0.1) is 31.4 Å².